The third kappa shape index (κ3) is 0.962. The van der Waals surface area contributed by atoms with Gasteiger partial charge in [-0.3, -0.25) is 4.79 Å². The van der Waals surface area contributed by atoms with Gasteiger partial charge < -0.3 is 24.4 Å². The molecule has 8 atom stereocenters. The fraction of sp³-hybridized carbons (Fsp3) is 0.867. The lowest BCUT2D eigenvalue weighted by Crippen LogP contribution is -2.68. The van der Waals surface area contributed by atoms with Crippen molar-refractivity contribution >= 4 is 11.9 Å². The van der Waals surface area contributed by atoms with E-state index in [1.807, 2.05) is 0 Å². The fourth-order valence-corrected chi connectivity index (χ4v) is 5.83. The number of hydrogen-bond acceptors (Lipinski definition) is 7. The zero-order chi connectivity index (χ0) is 15.9. The van der Waals surface area contributed by atoms with E-state index in [9.17, 15) is 19.8 Å². The predicted molar refractivity (Wildman–Crippen MR) is 68.3 cm³/mol. The first-order valence-corrected chi connectivity index (χ1v) is 7.63. The van der Waals surface area contributed by atoms with Crippen LogP contribution in [0.3, 0.4) is 0 Å². The minimum atomic E-state index is -1.47. The number of hydrogen-bond donors (Lipinski definition) is 2. The van der Waals surface area contributed by atoms with Gasteiger partial charge in [0.25, 0.3) is 0 Å². The van der Waals surface area contributed by atoms with Gasteiger partial charge in [-0.15, -0.1) is 0 Å². The van der Waals surface area contributed by atoms with Gasteiger partial charge in [-0.2, -0.15) is 0 Å². The van der Waals surface area contributed by atoms with Gasteiger partial charge in [0.1, 0.15) is 12.2 Å². The van der Waals surface area contributed by atoms with Gasteiger partial charge in [0.05, 0.1) is 22.5 Å². The maximum atomic E-state index is 12.4. The topological polar surface area (TPSA) is 106 Å². The minimum absolute atomic E-state index is 0.189. The average Bonchev–Trinajstić information content (AvgIpc) is 2.85. The first kappa shape index (κ1) is 13.3. The van der Waals surface area contributed by atoms with Crippen LogP contribution in [-0.2, 0) is 23.8 Å². The van der Waals surface area contributed by atoms with Crippen molar-refractivity contribution in [2.24, 2.45) is 17.3 Å². The number of rotatable bonds is 1. The van der Waals surface area contributed by atoms with Crippen molar-refractivity contribution in [1.29, 1.82) is 0 Å². The van der Waals surface area contributed by atoms with Crippen LogP contribution >= 0.6 is 0 Å². The van der Waals surface area contributed by atoms with Crippen molar-refractivity contribution < 1.29 is 34.0 Å². The third-order valence-electron chi connectivity index (χ3n) is 6.85. The maximum absolute atomic E-state index is 12.4. The summed E-state index contributed by atoms with van der Waals surface area (Å²) in [7, 11) is 0. The second kappa shape index (κ2) is 3.07. The van der Waals surface area contributed by atoms with E-state index in [1.54, 1.807) is 20.8 Å². The largest absolute Gasteiger partial charge is 0.458 e. The van der Waals surface area contributed by atoms with Crippen LogP contribution in [0.4, 0.5) is 0 Å². The monoisotopic (exact) mass is 310 g/mol. The summed E-state index contributed by atoms with van der Waals surface area (Å²) >= 11 is 0. The van der Waals surface area contributed by atoms with E-state index >= 15 is 0 Å². The van der Waals surface area contributed by atoms with Crippen molar-refractivity contribution in [3.63, 3.8) is 0 Å². The van der Waals surface area contributed by atoms with Crippen molar-refractivity contribution in [2.45, 2.75) is 62.3 Å². The Balaban J connectivity index is 1.76. The standard InChI is InChI=1S/C15H18O7/c1-12(2,18)6-7-10(16)20-8(6)9-13(3)14(7,19)4-5-15(13,22-5)11(17)21-9/h5-9,18-19H,4H2,1-3H3/t5-,6+,7-,8-,9-,13-,14-,15?/m1/s1. The van der Waals surface area contributed by atoms with Crippen LogP contribution in [0.1, 0.15) is 27.2 Å². The Morgan fingerprint density at radius 2 is 1.95 bits per heavy atom. The van der Waals surface area contributed by atoms with Crippen LogP contribution in [0.5, 0.6) is 0 Å². The first-order chi connectivity index (χ1) is 10.1. The van der Waals surface area contributed by atoms with E-state index in [-0.39, 0.29) is 6.42 Å². The van der Waals surface area contributed by atoms with Crippen LogP contribution in [0, 0.1) is 17.3 Å². The van der Waals surface area contributed by atoms with E-state index in [1.165, 1.54) is 0 Å². The molecule has 3 heterocycles. The molecule has 0 amide bonds. The Kier molecular flexibility index (Phi) is 1.85. The number of carbonyl (C=O) groups excluding carboxylic acids is 2. The van der Waals surface area contributed by atoms with E-state index in [4.69, 9.17) is 14.2 Å². The Morgan fingerprint density at radius 1 is 1.27 bits per heavy atom. The van der Waals surface area contributed by atoms with Gasteiger partial charge in [-0.25, -0.2) is 4.79 Å². The summed E-state index contributed by atoms with van der Waals surface area (Å²) < 4.78 is 16.5. The molecule has 7 nitrogen and oxygen atoms in total. The predicted octanol–water partition coefficient (Wildman–Crippen LogP) is -0.867. The van der Waals surface area contributed by atoms with E-state index in [2.05, 4.69) is 0 Å². The summed E-state index contributed by atoms with van der Waals surface area (Å²) in [6.07, 6.45) is -1.78. The Morgan fingerprint density at radius 3 is 2.59 bits per heavy atom. The fourth-order valence-electron chi connectivity index (χ4n) is 5.83. The molecule has 2 bridgehead atoms. The van der Waals surface area contributed by atoms with E-state index in [0.717, 1.165) is 0 Å². The molecule has 2 aliphatic carbocycles. The average molecular weight is 310 g/mol. The molecule has 3 saturated heterocycles. The summed E-state index contributed by atoms with van der Waals surface area (Å²) in [5.41, 5.74) is -4.89. The molecule has 0 aromatic heterocycles. The number of epoxide rings is 1. The molecule has 0 aromatic carbocycles. The highest BCUT2D eigenvalue weighted by Crippen LogP contribution is 2.77. The summed E-state index contributed by atoms with van der Waals surface area (Å²) in [5, 5.41) is 21.9. The lowest BCUT2D eigenvalue weighted by atomic mass is 9.52. The molecule has 7 heteroatoms. The van der Waals surface area contributed by atoms with Crippen LogP contribution in [-0.4, -0.2) is 57.3 Å². The van der Waals surface area contributed by atoms with Gasteiger partial charge in [0.2, 0.25) is 5.60 Å². The molecule has 5 rings (SSSR count). The quantitative estimate of drug-likeness (QED) is 0.479. The number of esters is 2. The molecule has 0 radical (unpaired) electrons. The maximum Gasteiger partial charge on any atom is 0.342 e. The molecule has 2 saturated carbocycles. The number of ether oxygens (including phenoxy) is 3. The summed E-state index contributed by atoms with van der Waals surface area (Å²) in [5.74, 6) is -2.51. The first-order valence-electron chi connectivity index (χ1n) is 7.63. The Labute approximate surface area is 126 Å². The Bertz CT molecular complexity index is 638. The third-order valence-corrected chi connectivity index (χ3v) is 6.85. The van der Waals surface area contributed by atoms with Gasteiger partial charge in [0.15, 0.2) is 6.10 Å². The zero-order valence-corrected chi connectivity index (χ0v) is 12.5. The van der Waals surface area contributed by atoms with Crippen LogP contribution in [0.2, 0.25) is 0 Å². The number of carbonyl (C=O) groups is 2. The van der Waals surface area contributed by atoms with Crippen molar-refractivity contribution in [3.05, 3.63) is 0 Å². The normalized spacial score (nSPS) is 60.7. The lowest BCUT2D eigenvalue weighted by molar-refractivity contribution is -0.223. The second-order valence-electron chi connectivity index (χ2n) is 8.06. The molecule has 3 aliphatic heterocycles. The molecule has 0 aromatic rings. The van der Waals surface area contributed by atoms with Gasteiger partial charge >= 0.3 is 11.9 Å². The molecular formula is C15H18O7. The van der Waals surface area contributed by atoms with E-state index in [0.29, 0.717) is 0 Å². The molecule has 5 fully saturated rings. The van der Waals surface area contributed by atoms with Crippen LogP contribution in [0.25, 0.3) is 0 Å². The van der Waals surface area contributed by atoms with Gasteiger partial charge in [-0.1, -0.05) is 0 Å². The second-order valence-corrected chi connectivity index (χ2v) is 8.06. The summed E-state index contributed by atoms with van der Waals surface area (Å²) in [6, 6.07) is 0. The number of fused-ring (bicyclic) bond motifs is 4. The molecular weight excluding hydrogens is 292 g/mol. The van der Waals surface area contributed by atoms with E-state index < -0.39 is 64.3 Å². The zero-order valence-electron chi connectivity index (χ0n) is 12.5. The number of aliphatic hydroxyl groups is 2. The highest BCUT2D eigenvalue weighted by molar-refractivity contribution is 5.91. The van der Waals surface area contributed by atoms with Crippen molar-refractivity contribution in [2.75, 3.05) is 0 Å². The molecule has 5 aliphatic rings. The van der Waals surface area contributed by atoms with Gasteiger partial charge in [0, 0.05) is 12.3 Å². The molecule has 1 unspecified atom stereocenters. The highest BCUT2D eigenvalue weighted by atomic mass is 16.7. The van der Waals surface area contributed by atoms with Crippen molar-refractivity contribution in [3.8, 4) is 0 Å². The molecule has 1 spiro atoms. The summed E-state index contributed by atoms with van der Waals surface area (Å²) in [6.45, 7) is 4.92. The SMILES string of the molecule is CC(C)(O)[C@@H]1[C@H]2OC(=O)[C@@H]1[C@]1(O)C[C@H]3OC34C(=O)O[C@H]2[C@@]41C. The highest BCUT2D eigenvalue weighted by Gasteiger charge is 2.95. The molecule has 120 valence electrons. The van der Waals surface area contributed by atoms with Gasteiger partial charge in [-0.05, 0) is 20.8 Å². The van der Waals surface area contributed by atoms with Crippen LogP contribution in [0.15, 0.2) is 0 Å². The lowest BCUT2D eigenvalue weighted by Gasteiger charge is -2.53. The Hall–Kier alpha value is -1.18. The molecule has 2 N–H and O–H groups in total. The smallest absolute Gasteiger partial charge is 0.342 e. The van der Waals surface area contributed by atoms with Crippen LogP contribution < -0.4 is 0 Å². The molecule has 22 heavy (non-hydrogen) atoms. The summed E-state index contributed by atoms with van der Waals surface area (Å²) in [4.78, 5) is 24.8. The minimum Gasteiger partial charge on any atom is -0.458 e. The van der Waals surface area contributed by atoms with Crippen molar-refractivity contribution in [1.82, 2.24) is 0 Å².